The number of rotatable bonds is 8. The van der Waals surface area contributed by atoms with Crippen LogP contribution < -0.4 is 19.8 Å². The molecule has 0 aliphatic carbocycles. The Morgan fingerprint density at radius 3 is 1.99 bits per heavy atom. The number of hydrogen-bond acceptors (Lipinski definition) is 4. The number of fused-ring (bicyclic) bond motifs is 10. The van der Waals surface area contributed by atoms with Crippen LogP contribution >= 0.6 is 0 Å². The molecule has 0 bridgehead atoms. The molecule has 0 N–H and O–H groups in total. The van der Waals surface area contributed by atoms with Gasteiger partial charge in [0.15, 0.2) is 0 Å². The molecule has 352 valence electrons. The first-order chi connectivity index (χ1) is 40.7. The predicted molar refractivity (Wildman–Crippen MR) is 294 cm³/mol. The van der Waals surface area contributed by atoms with Crippen LogP contribution in [-0.4, -0.2) is 21.1 Å². The first kappa shape index (κ1) is 32.7. The number of hydrogen-bond donors (Lipinski definition) is 0. The topological polar surface area (TPSA) is 38.5 Å². The molecule has 5 heterocycles. The summed E-state index contributed by atoms with van der Waals surface area (Å²) < 4.78 is 121. The SMILES string of the molecule is [2H]c1c([2H])c([2H])c(-c2cc3c(nc2Oc2[c-]c(-n4[c](=[Pt])n(-c5c(-c6ccccc6)cc(C([2H])([2H])C(C)(C)C)cc5-c5c([2H])c([2H])c([2H])c([2H])c5[2H])c5ccccc54)ccc2)N2B4c5c(cccc5-3)-c3ccccc3N4c3ccc[c-]c32)c([2H])c1[2H]. The molecule has 6 nitrogen and oxygen atoms in total. The zero-order chi connectivity index (χ0) is 59.4. The van der Waals surface area contributed by atoms with E-state index in [0.717, 1.165) is 39.2 Å². The summed E-state index contributed by atoms with van der Waals surface area (Å²) in [6.45, 7) is 5.00. The number of imidazole rings is 1. The van der Waals surface area contributed by atoms with E-state index < -0.39 is 72.2 Å². The fraction of sp³-hybridized carbons (Fsp3) is 0.0769. The molecule has 0 atom stereocenters. The third kappa shape index (κ3) is 7.05. The van der Waals surface area contributed by atoms with Gasteiger partial charge in [-0.25, -0.2) is 0 Å². The molecule has 73 heavy (non-hydrogen) atoms. The Balaban J connectivity index is 1.00. The molecule has 3 aliphatic rings. The van der Waals surface area contributed by atoms with Crippen LogP contribution in [0.1, 0.15) is 42.8 Å². The van der Waals surface area contributed by atoms with E-state index in [1.165, 1.54) is 0 Å². The van der Waals surface area contributed by atoms with Crippen molar-refractivity contribution < 1.29 is 40.5 Å². The van der Waals surface area contributed by atoms with Crippen molar-refractivity contribution in [1.29, 1.82) is 0 Å². The Hall–Kier alpha value is -8.25. The third-order valence-corrected chi connectivity index (χ3v) is 14.5. The fourth-order valence-electron chi connectivity index (χ4n) is 10.7. The van der Waals surface area contributed by atoms with Crippen LogP contribution in [0, 0.1) is 21.4 Å². The number of para-hydroxylation sites is 4. The number of nitrogens with zero attached hydrogens (tertiary/aromatic N) is 5. The van der Waals surface area contributed by atoms with Crippen molar-refractivity contribution in [2.75, 3.05) is 9.62 Å². The normalized spacial score (nSPS) is 15.4. The van der Waals surface area contributed by atoms with Gasteiger partial charge in [0.2, 0.25) is 0 Å². The maximum absolute atomic E-state index is 9.60. The van der Waals surface area contributed by atoms with Gasteiger partial charge in [0.05, 0.1) is 1.37 Å². The Morgan fingerprint density at radius 1 is 0.603 bits per heavy atom. The molecule has 0 amide bonds. The van der Waals surface area contributed by atoms with Gasteiger partial charge in [-0.05, 0) is 11.6 Å². The van der Waals surface area contributed by atoms with Crippen molar-refractivity contribution in [3.8, 4) is 78.6 Å². The molecule has 11 aromatic rings. The van der Waals surface area contributed by atoms with Crippen molar-refractivity contribution in [2.45, 2.75) is 27.1 Å². The monoisotopic (exact) mass is 1130 g/mol. The summed E-state index contributed by atoms with van der Waals surface area (Å²) in [7, 11) is 0. The molecule has 0 fully saturated rings. The molecular formula is C65H46BN5OPt-2. The molecule has 8 heteroatoms. The van der Waals surface area contributed by atoms with Crippen molar-refractivity contribution in [2.24, 2.45) is 5.41 Å². The number of aromatic nitrogens is 3. The van der Waals surface area contributed by atoms with E-state index >= 15 is 0 Å². The van der Waals surface area contributed by atoms with E-state index in [1.807, 2.05) is 112 Å². The summed E-state index contributed by atoms with van der Waals surface area (Å²) in [5, 5.41) is 0. The Morgan fingerprint density at radius 2 is 1.23 bits per heavy atom. The number of pyridine rings is 1. The van der Waals surface area contributed by atoms with Gasteiger partial charge < -0.3 is 0 Å². The number of anilines is 4. The van der Waals surface area contributed by atoms with Crippen LogP contribution in [-0.2, 0) is 25.7 Å². The van der Waals surface area contributed by atoms with Gasteiger partial charge >= 0.3 is 383 Å². The van der Waals surface area contributed by atoms with Crippen LogP contribution in [0.25, 0.3) is 78.0 Å². The van der Waals surface area contributed by atoms with Crippen molar-refractivity contribution in [3.05, 3.63) is 234 Å². The Bertz CT molecular complexity index is 4740. The average Bonchev–Trinajstić information content (AvgIpc) is 1.69. The van der Waals surface area contributed by atoms with Gasteiger partial charge in [-0.1, -0.05) is 30.3 Å². The van der Waals surface area contributed by atoms with E-state index in [-0.39, 0.29) is 46.4 Å². The summed E-state index contributed by atoms with van der Waals surface area (Å²) >= 11 is 2.21. The number of ether oxygens (including phenoxy) is 1. The number of benzene rings is 9. The van der Waals surface area contributed by atoms with E-state index in [0.29, 0.717) is 48.7 Å². The van der Waals surface area contributed by atoms with E-state index in [4.69, 9.17) is 17.9 Å². The minimum absolute atomic E-state index is 0.0503. The van der Waals surface area contributed by atoms with Gasteiger partial charge in [-0.3, -0.25) is 0 Å². The average molecular weight is 1130 g/mol. The maximum atomic E-state index is 9.60. The second-order valence-electron chi connectivity index (χ2n) is 19.1. The molecular weight excluding hydrogens is 1070 g/mol. The Labute approximate surface area is 453 Å². The van der Waals surface area contributed by atoms with Gasteiger partial charge in [0.25, 0.3) is 0 Å². The predicted octanol–water partition coefficient (Wildman–Crippen LogP) is 15.5. The second kappa shape index (κ2) is 16.9. The summed E-state index contributed by atoms with van der Waals surface area (Å²) in [5.74, 6) is 0.614. The van der Waals surface area contributed by atoms with E-state index in [2.05, 4.69) is 65.4 Å². The van der Waals surface area contributed by atoms with Gasteiger partial charge in [-0.2, -0.15) is 12.1 Å². The molecule has 14 rings (SSSR count). The summed E-state index contributed by atoms with van der Waals surface area (Å²) in [4.78, 5) is 9.81. The van der Waals surface area contributed by atoms with E-state index in [9.17, 15) is 8.22 Å². The van der Waals surface area contributed by atoms with Crippen LogP contribution in [0.2, 0.25) is 0 Å². The molecule has 0 saturated carbocycles. The second-order valence-corrected chi connectivity index (χ2v) is 20.1. The third-order valence-electron chi connectivity index (χ3n) is 13.5. The molecule has 3 aliphatic heterocycles. The summed E-state index contributed by atoms with van der Waals surface area (Å²) in [6.07, 6.45) is -1.98. The van der Waals surface area contributed by atoms with Gasteiger partial charge in [0, 0.05) is 11.3 Å². The van der Waals surface area contributed by atoms with Crippen LogP contribution in [0.4, 0.5) is 22.9 Å². The molecule has 2 aromatic heterocycles. The molecule has 0 radical (unpaired) electrons. The standard InChI is InChI=1S/C65H46BN5O.Pt/c1-65(2,3)41-43-37-52(44-21-7-4-8-22-44)62(53(38-43)45-23-9-5-10-24-45)69-42-68(57-33-15-16-34-58(57)69)47-27-19-28-48(39-47)72-64-54(46-25-11-6-12-26-46)40-55-51-31-20-30-50-49-29-13-14-32-56(49)70-59-35-17-18-36-60(59)71(63(55)67-64)66(70)61(50)51;/h4-35,37-38,40H,41H2,1-3H3;/q-2;/i4D,6D,7D,8D,11D,12D,21D,22D,25D,26D,41D2;. The molecule has 0 unspecified atom stereocenters. The first-order valence-corrected chi connectivity index (χ1v) is 25.0. The van der Waals surface area contributed by atoms with E-state index in [1.54, 1.807) is 45.0 Å². The summed E-state index contributed by atoms with van der Waals surface area (Å²) in [5.41, 5.74) is 10.2. The molecule has 9 aromatic carbocycles. The fourth-order valence-corrected chi connectivity index (χ4v) is 11.8. The zero-order valence-corrected chi connectivity index (χ0v) is 41.7. The summed E-state index contributed by atoms with van der Waals surface area (Å²) in [6, 6.07) is 49.9. The Kier molecular flexibility index (Phi) is 7.58. The van der Waals surface area contributed by atoms with Crippen LogP contribution in [0.15, 0.2) is 212 Å². The zero-order valence-electron chi connectivity index (χ0n) is 51.5. The van der Waals surface area contributed by atoms with Crippen molar-refractivity contribution in [1.82, 2.24) is 14.1 Å². The molecule has 0 saturated heterocycles. The van der Waals surface area contributed by atoms with Crippen molar-refractivity contribution >= 4 is 46.4 Å². The van der Waals surface area contributed by atoms with Gasteiger partial charge in [-0.15, -0.1) is 6.07 Å². The first-order valence-electron chi connectivity index (χ1n) is 29.8. The minimum atomic E-state index is -1.98. The van der Waals surface area contributed by atoms with Crippen molar-refractivity contribution in [3.63, 3.8) is 0 Å². The molecule has 0 spiro atoms. The van der Waals surface area contributed by atoms with Gasteiger partial charge in [0.1, 0.15) is 0 Å². The van der Waals surface area contributed by atoms with Crippen LogP contribution in [0.3, 0.4) is 0 Å². The quantitative estimate of drug-likeness (QED) is 0.112. The van der Waals surface area contributed by atoms with Crippen LogP contribution in [0.5, 0.6) is 11.6 Å².